The van der Waals surface area contributed by atoms with Crippen molar-refractivity contribution in [1.29, 1.82) is 0 Å². The molecule has 7 heteroatoms. The second kappa shape index (κ2) is 5.16. The molecule has 0 saturated carbocycles. The van der Waals surface area contributed by atoms with E-state index in [-0.39, 0.29) is 5.69 Å². The Balaban J connectivity index is 2.81. The van der Waals surface area contributed by atoms with Crippen molar-refractivity contribution in [2.45, 2.75) is 12.5 Å². The van der Waals surface area contributed by atoms with Crippen LogP contribution in [0.15, 0.2) is 24.3 Å². The maximum atomic E-state index is 10.7. The fraction of sp³-hybridized carbons (Fsp3) is 0.250. The van der Waals surface area contributed by atoms with E-state index in [9.17, 15) is 10.1 Å². The summed E-state index contributed by atoms with van der Waals surface area (Å²) in [6, 6.07) is 4.18. The van der Waals surface area contributed by atoms with Gasteiger partial charge in [-0.1, -0.05) is 18.2 Å². The lowest BCUT2D eigenvalue weighted by molar-refractivity contribution is -0.385. The summed E-state index contributed by atoms with van der Waals surface area (Å²) >= 11 is 17.1. The first-order chi connectivity index (χ1) is 6.90. The summed E-state index contributed by atoms with van der Waals surface area (Å²) < 4.78 is 0. The van der Waals surface area contributed by atoms with Gasteiger partial charge in [0.2, 0.25) is 0 Å². The Bertz CT molecular complexity index is 367. The molecule has 0 unspecified atom stereocenters. The quantitative estimate of drug-likeness (QED) is 0.365. The van der Waals surface area contributed by atoms with Gasteiger partial charge in [-0.3, -0.25) is 10.1 Å². The van der Waals surface area contributed by atoms with Crippen molar-refractivity contribution >= 4 is 44.9 Å². The van der Waals surface area contributed by atoms with Gasteiger partial charge < -0.3 is 0 Å². The molecule has 0 aliphatic heterocycles. The van der Waals surface area contributed by atoms with E-state index >= 15 is 0 Å². The molecule has 1 rings (SSSR count). The summed E-state index contributed by atoms with van der Waals surface area (Å²) in [5, 5.41) is 10.7. The predicted octanol–water partition coefficient (Wildman–Crippen LogP) is 3.79. The molecule has 0 bridgehead atoms. The first-order valence-electron chi connectivity index (χ1n) is 4.19. The molecule has 0 radical (unpaired) electrons. The van der Waals surface area contributed by atoms with Crippen molar-refractivity contribution in [2.24, 2.45) is 0 Å². The largest absolute Gasteiger partial charge is 0.341 e. The Morgan fingerprint density at radius 2 is 1.87 bits per heavy atom. The summed E-state index contributed by atoms with van der Waals surface area (Å²) in [5.74, 6) is 0. The summed E-state index contributed by atoms with van der Waals surface area (Å²) in [6.45, 7) is 0. The summed E-state index contributed by atoms with van der Waals surface area (Å²) in [7, 11) is 0. The van der Waals surface area contributed by atoms with Crippen LogP contribution in [0, 0.1) is 10.1 Å². The third-order valence-corrected chi connectivity index (χ3v) is 4.38. The molecule has 0 fully saturated rings. The van der Waals surface area contributed by atoms with E-state index in [4.69, 9.17) is 33.2 Å². The predicted molar refractivity (Wildman–Crippen MR) is 64.9 cm³/mol. The third kappa shape index (κ3) is 4.38. The first kappa shape index (κ1) is 12.8. The highest BCUT2D eigenvalue weighted by Gasteiger charge is 2.25. The summed E-state index contributed by atoms with van der Waals surface area (Å²) in [6.07, 6.45) is 0.430. The molecule has 0 heterocycles. The number of halogens is 3. The lowest BCUT2D eigenvalue weighted by Gasteiger charge is -2.07. The van der Waals surface area contributed by atoms with Crippen molar-refractivity contribution in [3.63, 3.8) is 0 Å². The van der Waals surface area contributed by atoms with Crippen LogP contribution in [-0.2, 0) is 6.42 Å². The molecule has 1 aromatic rings. The van der Waals surface area contributed by atoms with E-state index in [1.54, 1.807) is 18.2 Å². The molecule has 3 nitrogen and oxygen atoms in total. The van der Waals surface area contributed by atoms with Gasteiger partial charge in [0.25, 0.3) is 5.69 Å². The van der Waals surface area contributed by atoms with Crippen molar-refractivity contribution in [1.82, 2.24) is 0 Å². The van der Waals surface area contributed by atoms with Crippen LogP contribution in [0.25, 0.3) is 0 Å². The van der Waals surface area contributed by atoms with E-state index in [2.05, 4.69) is 0 Å². The average Bonchev–Trinajstić information content (AvgIpc) is 2.14. The van der Waals surface area contributed by atoms with Gasteiger partial charge in [0.15, 0.2) is 0 Å². The Hall–Kier alpha value is -0.293. The zero-order valence-corrected chi connectivity index (χ0v) is 10.9. The Morgan fingerprint density at radius 1 is 1.27 bits per heavy atom. The number of hydrogen-bond donors (Lipinski definition) is 0. The van der Waals surface area contributed by atoms with Gasteiger partial charge in [-0.15, -0.1) is 33.2 Å². The molecule has 0 N–H and O–H groups in total. The maximum absolute atomic E-state index is 10.7. The Kier molecular flexibility index (Phi) is 4.40. The Labute approximate surface area is 102 Å². The van der Waals surface area contributed by atoms with Crippen LogP contribution in [-0.4, -0.2) is 10.9 Å². The molecule has 0 aliphatic carbocycles. The molecule has 0 spiro atoms. The van der Waals surface area contributed by atoms with E-state index in [0.29, 0.717) is 18.0 Å². The van der Waals surface area contributed by atoms with Gasteiger partial charge in [0.1, 0.15) is 0 Å². The lowest BCUT2D eigenvalue weighted by atomic mass is 10.1. The van der Waals surface area contributed by atoms with Crippen LogP contribution < -0.4 is 0 Å². The minimum Gasteiger partial charge on any atom is -0.258 e. The summed E-state index contributed by atoms with van der Waals surface area (Å²) in [5.41, 5.74) is 0.696. The zero-order chi connectivity index (χ0) is 11.5. The zero-order valence-electron chi connectivity index (χ0n) is 7.62. The number of nitro benzene ring substituents is 1. The minimum absolute atomic E-state index is 0.0840. The van der Waals surface area contributed by atoms with Crippen LogP contribution in [0.1, 0.15) is 5.56 Å². The van der Waals surface area contributed by atoms with Gasteiger partial charge >= 0.3 is 6.00 Å². The van der Waals surface area contributed by atoms with E-state index in [1.165, 1.54) is 6.07 Å². The topological polar surface area (TPSA) is 43.1 Å². The normalized spacial score (nSPS) is 11.4. The second-order valence-electron chi connectivity index (χ2n) is 3.00. The number of nitro groups is 1. The number of aryl methyl sites for hydroxylation is 1. The smallest absolute Gasteiger partial charge is 0.258 e. The molecule has 82 valence electrons. The lowest BCUT2D eigenvalue weighted by Crippen LogP contribution is -2.10. The molecule has 0 aliphatic rings. The highest BCUT2D eigenvalue weighted by Crippen LogP contribution is 2.29. The van der Waals surface area contributed by atoms with E-state index in [0.717, 1.165) is 0 Å². The number of hydrogen-bond acceptors (Lipinski definition) is 2. The third-order valence-electron chi connectivity index (χ3n) is 1.87. The van der Waals surface area contributed by atoms with Crippen LogP contribution >= 0.6 is 33.2 Å². The number of para-hydroxylation sites is 1. The van der Waals surface area contributed by atoms with Gasteiger partial charge in [-0.2, -0.15) is 0 Å². The number of nitrogens with zero attached hydrogens (tertiary/aromatic N) is 1. The average molecular weight is 285 g/mol. The van der Waals surface area contributed by atoms with Crippen molar-refractivity contribution in [3.05, 3.63) is 39.9 Å². The van der Waals surface area contributed by atoms with E-state index < -0.39 is 10.9 Å². The molecular weight excluding hydrogens is 277 g/mol. The maximum Gasteiger partial charge on any atom is 0.341 e. The molecular formula is C8H8Cl3NO2Si. The molecule has 0 amide bonds. The molecule has 0 atom stereocenters. The highest BCUT2D eigenvalue weighted by molar-refractivity contribution is 7.64. The molecule has 0 aromatic heterocycles. The van der Waals surface area contributed by atoms with Crippen LogP contribution in [0.3, 0.4) is 0 Å². The van der Waals surface area contributed by atoms with Crippen molar-refractivity contribution < 1.29 is 4.92 Å². The van der Waals surface area contributed by atoms with Crippen molar-refractivity contribution in [3.8, 4) is 0 Å². The van der Waals surface area contributed by atoms with Crippen LogP contribution in [0.2, 0.25) is 6.04 Å². The van der Waals surface area contributed by atoms with E-state index in [1.807, 2.05) is 0 Å². The van der Waals surface area contributed by atoms with Gasteiger partial charge in [-0.05, 0) is 12.5 Å². The van der Waals surface area contributed by atoms with Crippen molar-refractivity contribution in [2.75, 3.05) is 0 Å². The monoisotopic (exact) mass is 283 g/mol. The Morgan fingerprint density at radius 3 is 2.40 bits per heavy atom. The van der Waals surface area contributed by atoms with Crippen LogP contribution in [0.4, 0.5) is 5.69 Å². The minimum atomic E-state index is -2.70. The van der Waals surface area contributed by atoms with Gasteiger partial charge in [0, 0.05) is 11.6 Å². The SMILES string of the molecule is O=[N+]([O-])c1ccccc1CC[Si](Cl)(Cl)Cl. The first-order valence-corrected chi connectivity index (χ1v) is 9.43. The van der Waals surface area contributed by atoms with Gasteiger partial charge in [0.05, 0.1) is 4.92 Å². The molecule has 1 aromatic carbocycles. The fourth-order valence-corrected chi connectivity index (χ4v) is 2.58. The molecule has 15 heavy (non-hydrogen) atoms. The summed E-state index contributed by atoms with van der Waals surface area (Å²) in [4.78, 5) is 10.2. The van der Waals surface area contributed by atoms with Gasteiger partial charge in [-0.25, -0.2) is 0 Å². The highest BCUT2D eigenvalue weighted by atomic mass is 35.8. The second-order valence-corrected chi connectivity index (χ2v) is 12.3. The number of rotatable bonds is 4. The van der Waals surface area contributed by atoms with Crippen LogP contribution in [0.5, 0.6) is 0 Å². The standard InChI is InChI=1S/C8H8Cl3NO2Si/c9-15(10,11)6-5-7-3-1-2-4-8(7)12(13)14/h1-4H,5-6H2. The number of benzene rings is 1. The molecule has 0 saturated heterocycles. The fourth-order valence-electron chi connectivity index (χ4n) is 1.18.